The van der Waals surface area contributed by atoms with E-state index in [0.717, 1.165) is 0 Å². The molecule has 1 atom stereocenters. The van der Waals surface area contributed by atoms with Crippen molar-refractivity contribution in [3.05, 3.63) is 23.5 Å². The minimum atomic E-state index is -4.88. The van der Waals surface area contributed by atoms with Gasteiger partial charge in [-0.15, -0.1) is 0 Å². The highest BCUT2D eigenvalue weighted by atomic mass is 19.4. The molecule has 0 fully saturated rings. The first-order valence-electron chi connectivity index (χ1n) is 4.93. The van der Waals surface area contributed by atoms with E-state index in [1.165, 1.54) is 6.92 Å². The van der Waals surface area contributed by atoms with Crippen molar-refractivity contribution in [2.45, 2.75) is 18.9 Å². The standard InChI is InChI=1S/C10H11F3O5/c1-2-17-8(15)7-6(10(11,12)13)3-4-18-9(7,16)5-14/h3-4,14,16H,2,5H2,1H3. The summed E-state index contributed by atoms with van der Waals surface area (Å²) in [5.74, 6) is -4.16. The van der Waals surface area contributed by atoms with Gasteiger partial charge in [-0.05, 0) is 13.0 Å². The zero-order chi connectivity index (χ0) is 14.0. The maximum absolute atomic E-state index is 12.7. The number of hydrogen-bond donors (Lipinski definition) is 2. The van der Waals surface area contributed by atoms with Crippen molar-refractivity contribution in [2.75, 3.05) is 13.2 Å². The minimum absolute atomic E-state index is 0.182. The number of aliphatic hydroxyl groups is 2. The van der Waals surface area contributed by atoms with Crippen LogP contribution in [0, 0.1) is 0 Å². The van der Waals surface area contributed by atoms with E-state index in [9.17, 15) is 23.1 Å². The van der Waals surface area contributed by atoms with Gasteiger partial charge in [-0.25, -0.2) is 4.79 Å². The van der Waals surface area contributed by atoms with Crippen molar-refractivity contribution in [3.8, 4) is 0 Å². The van der Waals surface area contributed by atoms with Crippen molar-refractivity contribution in [3.63, 3.8) is 0 Å². The SMILES string of the molecule is CCOC(=O)C1=C(C(F)(F)F)C=COC1(O)CO. The molecule has 0 saturated carbocycles. The van der Waals surface area contributed by atoms with Crippen LogP contribution in [-0.4, -0.2) is 41.4 Å². The Morgan fingerprint density at radius 1 is 1.56 bits per heavy atom. The molecule has 0 spiro atoms. The number of esters is 1. The second-order valence-electron chi connectivity index (χ2n) is 3.37. The molecule has 0 aromatic carbocycles. The summed E-state index contributed by atoms with van der Waals surface area (Å²) in [4.78, 5) is 11.5. The number of ether oxygens (including phenoxy) is 2. The fourth-order valence-electron chi connectivity index (χ4n) is 1.39. The van der Waals surface area contributed by atoms with Gasteiger partial charge in [0.05, 0.1) is 18.4 Å². The van der Waals surface area contributed by atoms with E-state index in [1.807, 2.05) is 0 Å². The zero-order valence-electron chi connectivity index (χ0n) is 9.32. The first-order valence-corrected chi connectivity index (χ1v) is 4.93. The number of aliphatic hydroxyl groups excluding tert-OH is 1. The first kappa shape index (κ1) is 14.5. The van der Waals surface area contributed by atoms with E-state index in [1.54, 1.807) is 0 Å². The molecule has 18 heavy (non-hydrogen) atoms. The number of alkyl halides is 3. The first-order chi connectivity index (χ1) is 8.26. The molecule has 0 aromatic heterocycles. The molecule has 0 aromatic rings. The lowest BCUT2D eigenvalue weighted by atomic mass is 9.97. The number of carbonyl (C=O) groups is 1. The van der Waals surface area contributed by atoms with Crippen molar-refractivity contribution >= 4 is 5.97 Å². The molecule has 1 aliphatic heterocycles. The lowest BCUT2D eigenvalue weighted by Crippen LogP contribution is -2.44. The number of carbonyl (C=O) groups excluding carboxylic acids is 1. The Bertz CT molecular complexity index is 399. The van der Waals surface area contributed by atoms with Crippen molar-refractivity contribution in [2.24, 2.45) is 0 Å². The quantitative estimate of drug-likeness (QED) is 0.734. The van der Waals surface area contributed by atoms with Crippen LogP contribution in [-0.2, 0) is 14.3 Å². The predicted molar refractivity (Wildman–Crippen MR) is 52.0 cm³/mol. The molecule has 5 nitrogen and oxygen atoms in total. The summed E-state index contributed by atoms with van der Waals surface area (Å²) < 4.78 is 47.0. The van der Waals surface area contributed by atoms with Crippen LogP contribution in [0.1, 0.15) is 6.92 Å². The van der Waals surface area contributed by atoms with Gasteiger partial charge < -0.3 is 19.7 Å². The van der Waals surface area contributed by atoms with E-state index in [-0.39, 0.29) is 6.61 Å². The molecule has 0 amide bonds. The normalized spacial score (nSPS) is 23.9. The van der Waals surface area contributed by atoms with Gasteiger partial charge >= 0.3 is 12.1 Å². The highest BCUT2D eigenvalue weighted by Gasteiger charge is 2.49. The Morgan fingerprint density at radius 3 is 2.61 bits per heavy atom. The van der Waals surface area contributed by atoms with Crippen molar-refractivity contribution in [1.82, 2.24) is 0 Å². The summed E-state index contributed by atoms with van der Waals surface area (Å²) in [6, 6.07) is 0. The number of rotatable bonds is 3. The molecule has 0 bridgehead atoms. The Balaban J connectivity index is 3.36. The summed E-state index contributed by atoms with van der Waals surface area (Å²) in [6.07, 6.45) is -3.84. The largest absolute Gasteiger partial charge is 0.463 e. The Kier molecular flexibility index (Phi) is 4.02. The molecule has 2 N–H and O–H groups in total. The third kappa shape index (κ3) is 2.65. The van der Waals surface area contributed by atoms with Crippen LogP contribution in [0.4, 0.5) is 13.2 Å². The van der Waals surface area contributed by atoms with Crippen LogP contribution < -0.4 is 0 Å². The van der Waals surface area contributed by atoms with Crippen LogP contribution in [0.2, 0.25) is 0 Å². The van der Waals surface area contributed by atoms with Crippen molar-refractivity contribution < 1.29 is 37.7 Å². The predicted octanol–water partition coefficient (Wildman–Crippen LogP) is 0.633. The van der Waals surface area contributed by atoms with Crippen LogP contribution in [0.5, 0.6) is 0 Å². The topological polar surface area (TPSA) is 76.0 Å². The van der Waals surface area contributed by atoms with Crippen LogP contribution >= 0.6 is 0 Å². The average Bonchev–Trinajstić information content (AvgIpc) is 2.27. The third-order valence-corrected chi connectivity index (χ3v) is 2.16. The second-order valence-corrected chi connectivity index (χ2v) is 3.37. The molecule has 0 saturated heterocycles. The smallest absolute Gasteiger partial charge is 0.417 e. The molecule has 8 heteroatoms. The molecule has 102 valence electrons. The lowest BCUT2D eigenvalue weighted by molar-refractivity contribution is -0.183. The molecular formula is C10H11F3O5. The summed E-state index contributed by atoms with van der Waals surface area (Å²) in [5.41, 5.74) is -2.58. The summed E-state index contributed by atoms with van der Waals surface area (Å²) in [5, 5.41) is 18.6. The second kappa shape index (κ2) is 4.99. The maximum Gasteiger partial charge on any atom is 0.417 e. The molecule has 1 unspecified atom stereocenters. The van der Waals surface area contributed by atoms with E-state index in [2.05, 4.69) is 9.47 Å². The highest BCUT2D eigenvalue weighted by Crippen LogP contribution is 2.37. The zero-order valence-corrected chi connectivity index (χ0v) is 9.32. The van der Waals surface area contributed by atoms with Gasteiger partial charge in [0.1, 0.15) is 12.2 Å². The van der Waals surface area contributed by atoms with Crippen molar-refractivity contribution in [1.29, 1.82) is 0 Å². The van der Waals surface area contributed by atoms with Crippen LogP contribution in [0.3, 0.4) is 0 Å². The van der Waals surface area contributed by atoms with Gasteiger partial charge in [0.2, 0.25) is 0 Å². The molecule has 1 heterocycles. The van der Waals surface area contributed by atoms with E-state index >= 15 is 0 Å². The van der Waals surface area contributed by atoms with Gasteiger partial charge in [0.15, 0.2) is 0 Å². The minimum Gasteiger partial charge on any atom is -0.463 e. The van der Waals surface area contributed by atoms with E-state index < -0.39 is 35.7 Å². The molecule has 0 radical (unpaired) electrons. The average molecular weight is 268 g/mol. The maximum atomic E-state index is 12.7. The fraction of sp³-hybridized carbons (Fsp3) is 0.500. The molecule has 1 rings (SSSR count). The lowest BCUT2D eigenvalue weighted by Gasteiger charge is -2.31. The van der Waals surface area contributed by atoms with Crippen LogP contribution in [0.25, 0.3) is 0 Å². The Hall–Kier alpha value is -1.54. The fourth-order valence-corrected chi connectivity index (χ4v) is 1.39. The molecule has 0 aliphatic carbocycles. The van der Waals surface area contributed by atoms with E-state index in [0.29, 0.717) is 12.3 Å². The summed E-state index contributed by atoms with van der Waals surface area (Å²) in [6.45, 7) is -0.00694. The van der Waals surface area contributed by atoms with Gasteiger partial charge in [0, 0.05) is 0 Å². The Labute approximate surface area is 100 Å². The summed E-state index contributed by atoms with van der Waals surface area (Å²) in [7, 11) is 0. The van der Waals surface area contributed by atoms with Gasteiger partial charge in [-0.2, -0.15) is 13.2 Å². The van der Waals surface area contributed by atoms with Gasteiger partial charge in [-0.1, -0.05) is 0 Å². The number of halogens is 3. The molecule has 1 aliphatic rings. The molecular weight excluding hydrogens is 257 g/mol. The number of allylic oxidation sites excluding steroid dienone is 2. The van der Waals surface area contributed by atoms with Gasteiger partial charge in [0.25, 0.3) is 5.79 Å². The monoisotopic (exact) mass is 268 g/mol. The van der Waals surface area contributed by atoms with Gasteiger partial charge in [-0.3, -0.25) is 0 Å². The van der Waals surface area contributed by atoms with E-state index in [4.69, 9.17) is 5.11 Å². The highest BCUT2D eigenvalue weighted by molar-refractivity contribution is 5.92. The third-order valence-electron chi connectivity index (χ3n) is 2.16. The number of hydrogen-bond acceptors (Lipinski definition) is 5. The Morgan fingerprint density at radius 2 is 2.17 bits per heavy atom. The summed E-state index contributed by atoms with van der Waals surface area (Å²) >= 11 is 0. The van der Waals surface area contributed by atoms with Crippen LogP contribution in [0.15, 0.2) is 23.5 Å².